The van der Waals surface area contributed by atoms with Crippen molar-refractivity contribution in [1.29, 1.82) is 0 Å². The van der Waals surface area contributed by atoms with Crippen molar-refractivity contribution >= 4 is 23.6 Å². The molecular formula is C13H19ClN4O3. The quantitative estimate of drug-likeness (QED) is 0.825. The van der Waals surface area contributed by atoms with Gasteiger partial charge in [-0.2, -0.15) is 0 Å². The van der Waals surface area contributed by atoms with Crippen LogP contribution >= 0.6 is 11.6 Å². The summed E-state index contributed by atoms with van der Waals surface area (Å²) in [5, 5.41) is 5.31. The topological polar surface area (TPSA) is 93.2 Å². The van der Waals surface area contributed by atoms with E-state index >= 15 is 0 Å². The number of alkyl carbamates (subject to hydrolysis) is 1. The van der Waals surface area contributed by atoms with E-state index < -0.39 is 17.6 Å². The molecule has 8 heteroatoms. The van der Waals surface area contributed by atoms with E-state index in [0.717, 1.165) is 0 Å². The van der Waals surface area contributed by atoms with Gasteiger partial charge in [0.25, 0.3) is 5.91 Å². The highest BCUT2D eigenvalue weighted by molar-refractivity contribution is 6.33. The van der Waals surface area contributed by atoms with Gasteiger partial charge in [0.05, 0.1) is 11.2 Å². The summed E-state index contributed by atoms with van der Waals surface area (Å²) in [5.74, 6) is 0.0351. The molecule has 0 aromatic carbocycles. The Labute approximate surface area is 128 Å². The van der Waals surface area contributed by atoms with Crippen LogP contribution in [-0.2, 0) is 4.74 Å². The van der Waals surface area contributed by atoms with Crippen molar-refractivity contribution in [2.45, 2.75) is 33.3 Å². The van der Waals surface area contributed by atoms with Gasteiger partial charge < -0.3 is 15.4 Å². The fourth-order valence-electron chi connectivity index (χ4n) is 1.35. The molecule has 21 heavy (non-hydrogen) atoms. The Morgan fingerprint density at radius 1 is 1.29 bits per heavy atom. The third-order valence-corrected chi connectivity index (χ3v) is 2.44. The zero-order valence-electron chi connectivity index (χ0n) is 12.5. The number of carbonyl (C=O) groups excluding carboxylic acids is 2. The zero-order valence-corrected chi connectivity index (χ0v) is 13.2. The molecule has 1 heterocycles. The second-order valence-electron chi connectivity index (χ2n) is 5.30. The maximum absolute atomic E-state index is 11.9. The van der Waals surface area contributed by atoms with E-state index in [4.69, 9.17) is 16.3 Å². The molecule has 0 aliphatic rings. The van der Waals surface area contributed by atoms with Gasteiger partial charge in [-0.15, -0.1) is 0 Å². The van der Waals surface area contributed by atoms with E-state index in [1.165, 1.54) is 6.20 Å². The number of nitrogens with one attached hydrogen (secondary N) is 2. The third-order valence-electron chi connectivity index (χ3n) is 2.16. The Kier molecular flexibility index (Phi) is 5.90. The minimum absolute atomic E-state index is 0.112. The lowest BCUT2D eigenvalue weighted by molar-refractivity contribution is 0.0526. The molecule has 0 aliphatic heterocycles. The maximum Gasteiger partial charge on any atom is 0.407 e. The molecule has 0 saturated heterocycles. The Bertz CT molecular complexity index is 529. The SMILES string of the molecule is Cc1ncc(Cl)c(C(=O)NCCNC(=O)OC(C)(C)C)n1. The lowest BCUT2D eigenvalue weighted by Crippen LogP contribution is -2.38. The Hall–Kier alpha value is -1.89. The smallest absolute Gasteiger partial charge is 0.407 e. The molecule has 2 N–H and O–H groups in total. The highest BCUT2D eigenvalue weighted by Crippen LogP contribution is 2.11. The maximum atomic E-state index is 11.9. The first-order chi connectivity index (χ1) is 9.69. The minimum atomic E-state index is -0.556. The van der Waals surface area contributed by atoms with E-state index in [-0.39, 0.29) is 23.8 Å². The molecule has 1 aromatic rings. The van der Waals surface area contributed by atoms with Crippen LogP contribution in [0.2, 0.25) is 5.02 Å². The number of amides is 2. The molecule has 116 valence electrons. The predicted octanol–water partition coefficient (Wildman–Crippen LogP) is 1.69. The molecule has 0 radical (unpaired) electrons. The first-order valence-electron chi connectivity index (χ1n) is 6.43. The van der Waals surface area contributed by atoms with Crippen molar-refractivity contribution in [1.82, 2.24) is 20.6 Å². The second-order valence-corrected chi connectivity index (χ2v) is 5.71. The van der Waals surface area contributed by atoms with Crippen LogP contribution in [0.25, 0.3) is 0 Å². The van der Waals surface area contributed by atoms with Gasteiger partial charge in [0.2, 0.25) is 0 Å². The molecule has 0 unspecified atom stereocenters. The van der Waals surface area contributed by atoms with Gasteiger partial charge in [0, 0.05) is 13.1 Å². The van der Waals surface area contributed by atoms with Crippen molar-refractivity contribution in [2.75, 3.05) is 13.1 Å². The van der Waals surface area contributed by atoms with Gasteiger partial charge in [-0.1, -0.05) is 11.6 Å². The third kappa shape index (κ3) is 6.40. The van der Waals surface area contributed by atoms with Gasteiger partial charge in [-0.25, -0.2) is 14.8 Å². The number of ether oxygens (including phenoxy) is 1. The number of hydrogen-bond donors (Lipinski definition) is 2. The van der Waals surface area contributed by atoms with Crippen LogP contribution in [0.4, 0.5) is 4.79 Å². The summed E-state index contributed by atoms with van der Waals surface area (Å²) < 4.78 is 5.06. The van der Waals surface area contributed by atoms with Crippen LogP contribution in [0.3, 0.4) is 0 Å². The lowest BCUT2D eigenvalue weighted by Gasteiger charge is -2.19. The number of hydrogen-bond acceptors (Lipinski definition) is 5. The summed E-state index contributed by atoms with van der Waals surface area (Å²) in [6.45, 7) is 7.45. The number of aromatic nitrogens is 2. The van der Waals surface area contributed by atoms with Crippen molar-refractivity contribution in [3.63, 3.8) is 0 Å². The van der Waals surface area contributed by atoms with Crippen LogP contribution in [0.5, 0.6) is 0 Å². The average molecular weight is 315 g/mol. The standard InChI is InChI=1S/C13H19ClN4O3/c1-8-17-7-9(14)10(18-8)11(19)15-5-6-16-12(20)21-13(2,3)4/h7H,5-6H2,1-4H3,(H,15,19)(H,16,20). The van der Waals surface area contributed by atoms with Crippen LogP contribution < -0.4 is 10.6 Å². The lowest BCUT2D eigenvalue weighted by atomic mass is 10.2. The number of aryl methyl sites for hydroxylation is 1. The highest BCUT2D eigenvalue weighted by Gasteiger charge is 2.16. The summed E-state index contributed by atoms with van der Waals surface area (Å²) in [6, 6.07) is 0. The molecule has 0 fully saturated rings. The van der Waals surface area contributed by atoms with Gasteiger partial charge in [0.1, 0.15) is 17.1 Å². The van der Waals surface area contributed by atoms with E-state index in [9.17, 15) is 9.59 Å². The first kappa shape index (κ1) is 17.2. The summed E-state index contributed by atoms with van der Waals surface area (Å²) >= 11 is 5.85. The molecule has 0 bridgehead atoms. The highest BCUT2D eigenvalue weighted by atomic mass is 35.5. The Morgan fingerprint density at radius 3 is 2.52 bits per heavy atom. The number of carbonyl (C=O) groups is 2. The molecule has 7 nitrogen and oxygen atoms in total. The molecule has 2 amide bonds. The van der Waals surface area contributed by atoms with Gasteiger partial charge >= 0.3 is 6.09 Å². The molecule has 0 spiro atoms. The largest absolute Gasteiger partial charge is 0.444 e. The average Bonchev–Trinajstić information content (AvgIpc) is 2.35. The molecule has 0 aliphatic carbocycles. The minimum Gasteiger partial charge on any atom is -0.444 e. The van der Waals surface area contributed by atoms with E-state index in [1.54, 1.807) is 27.7 Å². The Morgan fingerprint density at radius 2 is 1.90 bits per heavy atom. The zero-order chi connectivity index (χ0) is 16.0. The van der Waals surface area contributed by atoms with E-state index in [1.807, 2.05) is 0 Å². The van der Waals surface area contributed by atoms with Crippen molar-refractivity contribution in [2.24, 2.45) is 0 Å². The second kappa shape index (κ2) is 7.21. The molecule has 1 rings (SSSR count). The van der Waals surface area contributed by atoms with Gasteiger partial charge in [-0.3, -0.25) is 4.79 Å². The molecule has 0 atom stereocenters. The number of rotatable bonds is 4. The summed E-state index contributed by atoms with van der Waals surface area (Å²) in [7, 11) is 0. The van der Waals surface area contributed by atoms with Crippen LogP contribution in [0, 0.1) is 6.92 Å². The normalized spacial score (nSPS) is 10.9. The summed E-state index contributed by atoms with van der Waals surface area (Å²) in [6.07, 6.45) is 0.838. The van der Waals surface area contributed by atoms with E-state index in [2.05, 4.69) is 20.6 Å². The molecule has 0 saturated carbocycles. The Balaban J connectivity index is 2.38. The van der Waals surface area contributed by atoms with Crippen LogP contribution in [0.1, 0.15) is 37.1 Å². The fourth-order valence-corrected chi connectivity index (χ4v) is 1.53. The van der Waals surface area contributed by atoms with Crippen molar-refractivity contribution in [3.8, 4) is 0 Å². The van der Waals surface area contributed by atoms with Crippen LogP contribution in [0.15, 0.2) is 6.20 Å². The fraction of sp³-hybridized carbons (Fsp3) is 0.538. The van der Waals surface area contributed by atoms with Gasteiger partial charge in [-0.05, 0) is 27.7 Å². The predicted molar refractivity (Wildman–Crippen MR) is 78.3 cm³/mol. The number of nitrogens with zero attached hydrogens (tertiary/aromatic N) is 2. The monoisotopic (exact) mass is 314 g/mol. The number of halogens is 1. The first-order valence-corrected chi connectivity index (χ1v) is 6.81. The summed E-state index contributed by atoms with van der Waals surface area (Å²) in [4.78, 5) is 31.1. The van der Waals surface area contributed by atoms with E-state index in [0.29, 0.717) is 5.82 Å². The van der Waals surface area contributed by atoms with Crippen molar-refractivity contribution in [3.05, 3.63) is 22.7 Å². The van der Waals surface area contributed by atoms with Gasteiger partial charge in [0.15, 0.2) is 0 Å². The van der Waals surface area contributed by atoms with Crippen molar-refractivity contribution < 1.29 is 14.3 Å². The van der Waals surface area contributed by atoms with Crippen LogP contribution in [-0.4, -0.2) is 40.7 Å². The molecular weight excluding hydrogens is 296 g/mol. The summed E-state index contributed by atoms with van der Waals surface area (Å²) in [5.41, 5.74) is -0.444. The molecule has 1 aromatic heterocycles.